The highest BCUT2D eigenvalue weighted by Gasteiger charge is 2.49. The number of hydrogen-bond donors (Lipinski definition) is 1. The largest absolute Gasteiger partial charge is 0.349 e. The summed E-state index contributed by atoms with van der Waals surface area (Å²) < 4.78 is 31.0. The third-order valence-electron chi connectivity index (χ3n) is 7.50. The number of aromatic nitrogens is 2. The zero-order valence-corrected chi connectivity index (χ0v) is 19.1. The summed E-state index contributed by atoms with van der Waals surface area (Å²) in [6.07, 6.45) is 2.06. The Morgan fingerprint density at radius 2 is 1.79 bits per heavy atom. The van der Waals surface area contributed by atoms with Gasteiger partial charge < -0.3 is 5.32 Å². The van der Waals surface area contributed by atoms with Gasteiger partial charge in [-0.1, -0.05) is 6.07 Å². The fourth-order valence-corrected chi connectivity index (χ4v) is 5.73. The van der Waals surface area contributed by atoms with Crippen LogP contribution in [-0.4, -0.2) is 38.6 Å². The number of benzene rings is 2. The fraction of sp³-hybridized carbons (Fsp3) is 0.440. The molecule has 2 fully saturated rings. The van der Waals surface area contributed by atoms with Crippen LogP contribution in [0.2, 0.25) is 0 Å². The van der Waals surface area contributed by atoms with Crippen molar-refractivity contribution in [2.24, 2.45) is 14.1 Å². The van der Waals surface area contributed by atoms with Crippen LogP contribution in [0.3, 0.4) is 0 Å². The van der Waals surface area contributed by atoms with Crippen LogP contribution in [0.1, 0.15) is 41.9 Å². The van der Waals surface area contributed by atoms with Gasteiger partial charge in [-0.2, -0.15) is 0 Å². The van der Waals surface area contributed by atoms with Crippen LogP contribution in [-0.2, 0) is 25.4 Å². The first-order valence-corrected chi connectivity index (χ1v) is 11.3. The molecule has 2 saturated heterocycles. The van der Waals surface area contributed by atoms with E-state index in [2.05, 4.69) is 16.3 Å². The Balaban J connectivity index is 1.50. The van der Waals surface area contributed by atoms with Crippen LogP contribution in [0.25, 0.3) is 11.0 Å². The maximum absolute atomic E-state index is 14.1. The van der Waals surface area contributed by atoms with Crippen LogP contribution < -0.4 is 11.0 Å². The number of nitrogens with one attached hydrogen (secondary N) is 1. The van der Waals surface area contributed by atoms with Crippen LogP contribution in [0.5, 0.6) is 0 Å². The standard InChI is InChI=1S/C25H28F2N4O2/c1-15-9-21-22(30(3)24(33)29(21)2)11-17(15)12-31-13-18(16-6-7-19(26)20(27)10-16)25(14-31)8-4-5-23(32)28-25/h6-7,9-11,18H,4-5,8,12-14H2,1-3H3,(H,28,32)/t18-,25+/m0/s1. The molecule has 0 radical (unpaired) electrons. The number of amides is 1. The Kier molecular flexibility index (Phi) is 5.16. The number of aryl methyl sites for hydroxylation is 3. The molecule has 2 aliphatic rings. The lowest BCUT2D eigenvalue weighted by Gasteiger charge is -2.39. The van der Waals surface area contributed by atoms with Gasteiger partial charge in [0.05, 0.1) is 16.6 Å². The van der Waals surface area contributed by atoms with Gasteiger partial charge in [-0.05, 0) is 60.7 Å². The molecule has 0 aliphatic carbocycles. The number of imidazole rings is 1. The summed E-state index contributed by atoms with van der Waals surface area (Å²) in [5, 5.41) is 3.21. The Morgan fingerprint density at radius 1 is 1.06 bits per heavy atom. The molecule has 0 saturated carbocycles. The number of fused-ring (bicyclic) bond motifs is 1. The number of hydrogen-bond acceptors (Lipinski definition) is 3. The van der Waals surface area contributed by atoms with Crippen molar-refractivity contribution in [1.29, 1.82) is 0 Å². The Bertz CT molecular complexity index is 1330. The van der Waals surface area contributed by atoms with E-state index in [4.69, 9.17) is 0 Å². The van der Waals surface area contributed by atoms with Crippen molar-refractivity contribution in [2.45, 2.75) is 44.2 Å². The van der Waals surface area contributed by atoms with Crippen molar-refractivity contribution in [1.82, 2.24) is 19.4 Å². The molecule has 33 heavy (non-hydrogen) atoms. The van der Waals surface area contributed by atoms with Gasteiger partial charge >= 0.3 is 5.69 Å². The van der Waals surface area contributed by atoms with E-state index >= 15 is 0 Å². The fourth-order valence-electron chi connectivity index (χ4n) is 5.73. The molecule has 3 aromatic rings. The summed E-state index contributed by atoms with van der Waals surface area (Å²) in [6, 6.07) is 8.16. The van der Waals surface area contributed by atoms with E-state index in [0.29, 0.717) is 31.6 Å². The molecule has 1 N–H and O–H groups in total. The SMILES string of the molecule is Cc1cc2c(cc1CN1C[C@@H](c3ccc(F)c(F)c3)[C@@]3(CCCC(=O)N3)C1)n(C)c(=O)n2C. The molecule has 2 aromatic carbocycles. The van der Waals surface area contributed by atoms with Gasteiger partial charge in [0.15, 0.2) is 11.6 Å². The third-order valence-corrected chi connectivity index (χ3v) is 7.50. The molecule has 2 aliphatic heterocycles. The first-order chi connectivity index (χ1) is 15.7. The van der Waals surface area contributed by atoms with Crippen LogP contribution >= 0.6 is 0 Å². The van der Waals surface area contributed by atoms with Crippen molar-refractivity contribution < 1.29 is 13.6 Å². The number of likely N-dealkylation sites (tertiary alicyclic amines) is 1. The zero-order chi connectivity index (χ0) is 23.5. The van der Waals surface area contributed by atoms with Gasteiger partial charge in [0.2, 0.25) is 5.91 Å². The van der Waals surface area contributed by atoms with Crippen molar-refractivity contribution in [2.75, 3.05) is 13.1 Å². The average molecular weight is 455 g/mol. The molecule has 174 valence electrons. The summed E-state index contributed by atoms with van der Waals surface area (Å²) in [5.74, 6) is -1.86. The van der Waals surface area contributed by atoms with E-state index in [0.717, 1.165) is 35.0 Å². The van der Waals surface area contributed by atoms with Crippen LogP contribution in [0.4, 0.5) is 8.78 Å². The number of halogens is 2. The number of carbonyl (C=O) groups excluding carboxylic acids is 1. The minimum absolute atomic E-state index is 0.00701. The molecule has 1 amide bonds. The predicted octanol–water partition coefficient (Wildman–Crippen LogP) is 3.10. The average Bonchev–Trinajstić information content (AvgIpc) is 3.20. The van der Waals surface area contributed by atoms with Crippen molar-refractivity contribution in [3.05, 3.63) is 69.1 Å². The van der Waals surface area contributed by atoms with Gasteiger partial charge in [-0.25, -0.2) is 13.6 Å². The van der Waals surface area contributed by atoms with Crippen molar-refractivity contribution >= 4 is 16.9 Å². The van der Waals surface area contributed by atoms with Crippen LogP contribution in [0, 0.1) is 18.6 Å². The second-order valence-corrected chi connectivity index (χ2v) is 9.62. The van der Waals surface area contributed by atoms with Gasteiger partial charge in [-0.3, -0.25) is 18.8 Å². The van der Waals surface area contributed by atoms with Gasteiger partial charge in [0.25, 0.3) is 0 Å². The quantitative estimate of drug-likeness (QED) is 0.662. The topological polar surface area (TPSA) is 59.3 Å². The first kappa shape index (κ1) is 21.8. The second kappa shape index (κ2) is 7.80. The summed E-state index contributed by atoms with van der Waals surface area (Å²) in [7, 11) is 3.54. The Labute approximate surface area is 190 Å². The van der Waals surface area contributed by atoms with E-state index < -0.39 is 17.2 Å². The molecule has 2 atom stereocenters. The molecule has 1 aromatic heterocycles. The Morgan fingerprint density at radius 3 is 2.48 bits per heavy atom. The molecule has 8 heteroatoms. The van der Waals surface area contributed by atoms with Gasteiger partial charge in [-0.15, -0.1) is 0 Å². The maximum atomic E-state index is 14.1. The van der Waals surface area contributed by atoms with E-state index in [1.165, 1.54) is 12.1 Å². The number of piperidine rings is 1. The molecular formula is C25H28F2N4O2. The molecule has 3 heterocycles. The molecule has 5 rings (SSSR count). The number of carbonyl (C=O) groups is 1. The highest BCUT2D eigenvalue weighted by Crippen LogP contribution is 2.42. The minimum Gasteiger partial charge on any atom is -0.349 e. The van der Waals surface area contributed by atoms with Crippen molar-refractivity contribution in [3.8, 4) is 0 Å². The van der Waals surface area contributed by atoms with Crippen molar-refractivity contribution in [3.63, 3.8) is 0 Å². The van der Waals surface area contributed by atoms with E-state index in [1.54, 1.807) is 29.3 Å². The normalized spacial score (nSPS) is 23.5. The molecule has 0 bridgehead atoms. The minimum atomic E-state index is -0.868. The highest BCUT2D eigenvalue weighted by molar-refractivity contribution is 5.79. The first-order valence-electron chi connectivity index (χ1n) is 11.3. The third kappa shape index (κ3) is 3.57. The van der Waals surface area contributed by atoms with Gasteiger partial charge in [0.1, 0.15) is 0 Å². The number of nitrogens with zero attached hydrogens (tertiary/aromatic N) is 3. The molecule has 1 spiro atoms. The molecular weight excluding hydrogens is 426 g/mol. The van der Waals surface area contributed by atoms with E-state index in [1.807, 2.05) is 13.0 Å². The van der Waals surface area contributed by atoms with Gasteiger partial charge in [0, 0.05) is 46.1 Å². The lowest BCUT2D eigenvalue weighted by Crippen LogP contribution is -2.56. The Hall–Kier alpha value is -3.00. The number of rotatable bonds is 3. The van der Waals surface area contributed by atoms with Crippen LogP contribution in [0.15, 0.2) is 35.1 Å². The maximum Gasteiger partial charge on any atom is 0.328 e. The molecule has 0 unspecified atom stereocenters. The predicted molar refractivity (Wildman–Crippen MR) is 122 cm³/mol. The second-order valence-electron chi connectivity index (χ2n) is 9.62. The summed E-state index contributed by atoms with van der Waals surface area (Å²) >= 11 is 0. The monoisotopic (exact) mass is 454 g/mol. The zero-order valence-electron chi connectivity index (χ0n) is 19.1. The highest BCUT2D eigenvalue weighted by atomic mass is 19.2. The van der Waals surface area contributed by atoms with E-state index in [-0.39, 0.29) is 17.5 Å². The smallest absolute Gasteiger partial charge is 0.328 e. The summed E-state index contributed by atoms with van der Waals surface area (Å²) in [6.45, 7) is 3.93. The summed E-state index contributed by atoms with van der Waals surface area (Å²) in [5.41, 5.74) is 4.09. The lowest BCUT2D eigenvalue weighted by atomic mass is 9.76. The lowest BCUT2D eigenvalue weighted by molar-refractivity contribution is -0.125. The molecule has 6 nitrogen and oxygen atoms in total. The van der Waals surface area contributed by atoms with E-state index in [9.17, 15) is 18.4 Å². The summed E-state index contributed by atoms with van der Waals surface area (Å²) in [4.78, 5) is 27.0.